The molecular weight excluding hydrogens is 226 g/mol. The molecule has 0 unspecified atom stereocenters. The third kappa shape index (κ3) is 3.48. The van der Waals surface area contributed by atoms with E-state index in [0.717, 1.165) is 26.1 Å². The topological polar surface area (TPSA) is 53.9 Å². The van der Waals surface area contributed by atoms with Crippen molar-refractivity contribution in [1.29, 1.82) is 0 Å². The number of aromatic nitrogens is 3. The minimum Gasteiger partial charge on any atom is -0.354 e. The van der Waals surface area contributed by atoms with Crippen LogP contribution in [0.5, 0.6) is 0 Å². The smallest absolute Gasteiger partial charge is 0.231 e. The third-order valence-electron chi connectivity index (χ3n) is 2.09. The van der Waals surface area contributed by atoms with Crippen molar-refractivity contribution in [3.63, 3.8) is 0 Å². The predicted molar refractivity (Wildman–Crippen MR) is 67.2 cm³/mol. The lowest BCUT2D eigenvalue weighted by molar-refractivity contribution is 0.757. The highest BCUT2D eigenvalue weighted by Crippen LogP contribution is 2.13. The van der Waals surface area contributed by atoms with E-state index >= 15 is 0 Å². The van der Waals surface area contributed by atoms with Crippen LogP contribution in [0.2, 0.25) is 5.28 Å². The number of hydrogen-bond acceptors (Lipinski definition) is 5. The molecule has 0 aliphatic rings. The third-order valence-corrected chi connectivity index (χ3v) is 2.26. The predicted octanol–water partition coefficient (Wildman–Crippen LogP) is 2.19. The summed E-state index contributed by atoms with van der Waals surface area (Å²) in [5.41, 5.74) is 0. The van der Waals surface area contributed by atoms with E-state index in [9.17, 15) is 0 Å². The number of anilines is 2. The molecule has 0 saturated heterocycles. The van der Waals surface area contributed by atoms with Crippen LogP contribution in [-0.2, 0) is 0 Å². The van der Waals surface area contributed by atoms with Crippen LogP contribution < -0.4 is 10.2 Å². The van der Waals surface area contributed by atoms with Gasteiger partial charge in [-0.3, -0.25) is 0 Å². The standard InChI is InChI=1S/C10H18ClN5/c1-4-7-16(6-3)10-14-8(11)13-9(15-10)12-5-2/h4-7H2,1-3H3,(H,12,13,14,15). The summed E-state index contributed by atoms with van der Waals surface area (Å²) in [7, 11) is 0. The molecule has 0 spiro atoms. The molecule has 1 aromatic heterocycles. The highest BCUT2D eigenvalue weighted by Gasteiger charge is 2.10. The van der Waals surface area contributed by atoms with Crippen LogP contribution in [0.4, 0.5) is 11.9 Å². The Morgan fingerprint density at radius 2 is 1.94 bits per heavy atom. The highest BCUT2D eigenvalue weighted by molar-refractivity contribution is 6.28. The van der Waals surface area contributed by atoms with Gasteiger partial charge in [0.2, 0.25) is 17.2 Å². The van der Waals surface area contributed by atoms with Gasteiger partial charge in [-0.15, -0.1) is 0 Å². The summed E-state index contributed by atoms with van der Waals surface area (Å²) in [6.07, 6.45) is 1.05. The number of hydrogen-bond donors (Lipinski definition) is 1. The summed E-state index contributed by atoms with van der Waals surface area (Å²) >= 11 is 5.86. The van der Waals surface area contributed by atoms with Crippen LogP contribution in [0.25, 0.3) is 0 Å². The summed E-state index contributed by atoms with van der Waals surface area (Å²) in [5, 5.41) is 3.27. The zero-order chi connectivity index (χ0) is 12.0. The molecule has 5 nitrogen and oxygen atoms in total. The molecule has 6 heteroatoms. The van der Waals surface area contributed by atoms with E-state index < -0.39 is 0 Å². The lowest BCUT2D eigenvalue weighted by Crippen LogP contribution is -2.26. The first-order valence-electron chi connectivity index (χ1n) is 5.61. The first-order valence-corrected chi connectivity index (χ1v) is 5.99. The van der Waals surface area contributed by atoms with Gasteiger partial charge < -0.3 is 10.2 Å². The van der Waals surface area contributed by atoms with Gasteiger partial charge in [-0.1, -0.05) is 6.92 Å². The average molecular weight is 244 g/mol. The number of halogens is 1. The van der Waals surface area contributed by atoms with Gasteiger partial charge in [0.25, 0.3) is 0 Å². The maximum atomic E-state index is 5.86. The van der Waals surface area contributed by atoms with Gasteiger partial charge >= 0.3 is 0 Å². The fourth-order valence-electron chi connectivity index (χ4n) is 1.39. The Kier molecular flexibility index (Phi) is 5.25. The zero-order valence-electron chi connectivity index (χ0n) is 10.00. The second kappa shape index (κ2) is 6.48. The largest absolute Gasteiger partial charge is 0.354 e. The van der Waals surface area contributed by atoms with Gasteiger partial charge in [-0.25, -0.2) is 0 Å². The van der Waals surface area contributed by atoms with Crippen LogP contribution >= 0.6 is 11.6 Å². The van der Waals surface area contributed by atoms with Crippen molar-refractivity contribution >= 4 is 23.5 Å². The summed E-state index contributed by atoms with van der Waals surface area (Å²) < 4.78 is 0. The van der Waals surface area contributed by atoms with E-state index in [-0.39, 0.29) is 5.28 Å². The molecule has 0 bridgehead atoms. The lowest BCUT2D eigenvalue weighted by atomic mass is 10.4. The fraction of sp³-hybridized carbons (Fsp3) is 0.700. The summed E-state index contributed by atoms with van der Waals surface area (Å²) in [4.78, 5) is 14.5. The summed E-state index contributed by atoms with van der Waals surface area (Å²) in [6, 6.07) is 0. The van der Waals surface area contributed by atoms with Crippen LogP contribution in [0.1, 0.15) is 27.2 Å². The van der Waals surface area contributed by atoms with Crippen molar-refractivity contribution in [3.8, 4) is 0 Å². The van der Waals surface area contributed by atoms with Gasteiger partial charge in [0.05, 0.1) is 0 Å². The van der Waals surface area contributed by atoms with Crippen molar-refractivity contribution in [1.82, 2.24) is 15.0 Å². The summed E-state index contributed by atoms with van der Waals surface area (Å²) in [6.45, 7) is 8.72. The number of nitrogens with one attached hydrogen (secondary N) is 1. The summed E-state index contributed by atoms with van der Waals surface area (Å²) in [5.74, 6) is 1.17. The maximum Gasteiger partial charge on any atom is 0.231 e. The van der Waals surface area contributed by atoms with E-state index in [0.29, 0.717) is 11.9 Å². The van der Waals surface area contributed by atoms with Crippen molar-refractivity contribution in [2.45, 2.75) is 27.2 Å². The minimum absolute atomic E-state index is 0.232. The van der Waals surface area contributed by atoms with Gasteiger partial charge in [0.15, 0.2) is 0 Å². The second-order valence-electron chi connectivity index (χ2n) is 3.34. The van der Waals surface area contributed by atoms with Gasteiger partial charge in [0, 0.05) is 19.6 Å². The Bertz CT molecular complexity index is 331. The molecule has 90 valence electrons. The Balaban J connectivity index is 2.92. The first-order chi connectivity index (χ1) is 7.71. The molecule has 0 saturated carbocycles. The molecule has 0 aromatic carbocycles. The fourth-order valence-corrected chi connectivity index (χ4v) is 1.54. The van der Waals surface area contributed by atoms with Crippen molar-refractivity contribution in [2.75, 3.05) is 29.9 Å². The van der Waals surface area contributed by atoms with Crippen LogP contribution in [-0.4, -0.2) is 34.6 Å². The average Bonchev–Trinajstić information content (AvgIpc) is 2.25. The quantitative estimate of drug-likeness (QED) is 0.830. The van der Waals surface area contributed by atoms with Crippen LogP contribution in [0, 0.1) is 0 Å². The van der Waals surface area contributed by atoms with Crippen molar-refractivity contribution in [3.05, 3.63) is 5.28 Å². The van der Waals surface area contributed by atoms with E-state index in [1.54, 1.807) is 0 Å². The van der Waals surface area contributed by atoms with E-state index in [2.05, 4.69) is 39.0 Å². The Labute approximate surface area is 101 Å². The monoisotopic (exact) mass is 243 g/mol. The number of nitrogens with zero attached hydrogens (tertiary/aromatic N) is 4. The molecular formula is C10H18ClN5. The Hall–Kier alpha value is -1.10. The van der Waals surface area contributed by atoms with Crippen LogP contribution in [0.3, 0.4) is 0 Å². The minimum atomic E-state index is 0.232. The van der Waals surface area contributed by atoms with Gasteiger partial charge in [0.1, 0.15) is 0 Å². The molecule has 1 heterocycles. The van der Waals surface area contributed by atoms with E-state index in [1.165, 1.54) is 0 Å². The van der Waals surface area contributed by atoms with E-state index in [4.69, 9.17) is 11.6 Å². The molecule has 1 N–H and O–H groups in total. The maximum absolute atomic E-state index is 5.86. The molecule has 0 radical (unpaired) electrons. The second-order valence-corrected chi connectivity index (χ2v) is 3.68. The van der Waals surface area contributed by atoms with Crippen molar-refractivity contribution < 1.29 is 0 Å². The molecule has 0 atom stereocenters. The zero-order valence-corrected chi connectivity index (χ0v) is 10.8. The van der Waals surface area contributed by atoms with Gasteiger partial charge in [-0.2, -0.15) is 15.0 Å². The van der Waals surface area contributed by atoms with Crippen molar-refractivity contribution in [2.24, 2.45) is 0 Å². The molecule has 1 aromatic rings. The van der Waals surface area contributed by atoms with Gasteiger partial charge in [-0.05, 0) is 31.9 Å². The lowest BCUT2D eigenvalue weighted by Gasteiger charge is -2.20. The molecule has 0 amide bonds. The molecule has 0 fully saturated rings. The SMILES string of the molecule is CCCN(CC)c1nc(Cl)nc(NCC)n1. The Morgan fingerprint density at radius 3 is 2.50 bits per heavy atom. The first kappa shape index (κ1) is 13.0. The highest BCUT2D eigenvalue weighted by atomic mass is 35.5. The van der Waals surface area contributed by atoms with E-state index in [1.807, 2.05) is 6.92 Å². The molecule has 16 heavy (non-hydrogen) atoms. The molecule has 1 rings (SSSR count). The molecule has 0 aliphatic heterocycles. The normalized spacial score (nSPS) is 10.2. The van der Waals surface area contributed by atoms with Crippen LogP contribution in [0.15, 0.2) is 0 Å². The number of rotatable bonds is 6. The molecule has 0 aliphatic carbocycles. The Morgan fingerprint density at radius 1 is 1.19 bits per heavy atom.